The molecule has 0 saturated carbocycles. The molecule has 2 rings (SSSR count). The third kappa shape index (κ3) is 2.32. The van der Waals surface area contributed by atoms with Crippen LogP contribution in [0.2, 0.25) is 0 Å². The van der Waals surface area contributed by atoms with E-state index in [1.165, 1.54) is 6.08 Å². The molecule has 0 saturated heterocycles. The molecule has 0 spiro atoms. The van der Waals surface area contributed by atoms with Crippen LogP contribution in [0.5, 0.6) is 0 Å². The molecule has 1 aromatic heterocycles. The molecule has 0 fully saturated rings. The largest absolute Gasteiger partial charge is 0.478 e. The van der Waals surface area contributed by atoms with Crippen molar-refractivity contribution in [2.45, 2.75) is 6.42 Å². The van der Waals surface area contributed by atoms with E-state index in [1.807, 2.05) is 6.07 Å². The van der Waals surface area contributed by atoms with Crippen LogP contribution in [0.3, 0.4) is 0 Å². The number of carboxylic acid groups (broad SMARTS) is 1. The number of hydrogen-bond acceptors (Lipinski definition) is 4. The monoisotopic (exact) mass is 228 g/mol. The summed E-state index contributed by atoms with van der Waals surface area (Å²) < 4.78 is 5.34. The lowest BCUT2D eigenvalue weighted by molar-refractivity contribution is -0.131. The summed E-state index contributed by atoms with van der Waals surface area (Å²) in [7, 11) is 0. The topological polar surface area (TPSA) is 87.1 Å². The van der Waals surface area contributed by atoms with Crippen LogP contribution in [-0.4, -0.2) is 16.1 Å². The number of para-hydroxylation sites is 1. The first-order chi connectivity index (χ1) is 8.20. The van der Waals surface area contributed by atoms with Crippen molar-refractivity contribution in [1.82, 2.24) is 4.98 Å². The van der Waals surface area contributed by atoms with Crippen LogP contribution in [-0.2, 0) is 11.2 Å². The molecule has 5 nitrogen and oxygen atoms in total. The summed E-state index contributed by atoms with van der Waals surface area (Å²) in [6.07, 6.45) is 2.58. The van der Waals surface area contributed by atoms with E-state index < -0.39 is 5.97 Å². The molecule has 1 N–H and O–H groups in total. The molecule has 0 radical (unpaired) electrons. The lowest BCUT2D eigenvalue weighted by Gasteiger charge is -1.92. The minimum Gasteiger partial charge on any atom is -0.478 e. The minimum atomic E-state index is -1.03. The molecule has 0 atom stereocenters. The molecular weight excluding hydrogens is 220 g/mol. The fraction of sp³-hybridized carbons (Fsp3) is 0.0833. The Kier molecular flexibility index (Phi) is 2.88. The van der Waals surface area contributed by atoms with Gasteiger partial charge >= 0.3 is 5.97 Å². The van der Waals surface area contributed by atoms with E-state index in [0.717, 1.165) is 6.08 Å². The van der Waals surface area contributed by atoms with Gasteiger partial charge in [0.25, 0.3) is 0 Å². The predicted octanol–water partition coefficient (Wildman–Crippen LogP) is 1.99. The summed E-state index contributed by atoms with van der Waals surface area (Å²) >= 11 is 0. The van der Waals surface area contributed by atoms with Crippen LogP contribution in [0.25, 0.3) is 17.2 Å². The Morgan fingerprint density at radius 3 is 3.12 bits per heavy atom. The van der Waals surface area contributed by atoms with Crippen molar-refractivity contribution in [2.24, 2.45) is 0 Å². The molecule has 1 heterocycles. The summed E-state index contributed by atoms with van der Waals surface area (Å²) in [5, 5.41) is 17.1. The van der Waals surface area contributed by atoms with Crippen molar-refractivity contribution in [1.29, 1.82) is 5.26 Å². The molecule has 0 aliphatic rings. The summed E-state index contributed by atoms with van der Waals surface area (Å²) in [6.45, 7) is 0. The maximum atomic E-state index is 10.4. The van der Waals surface area contributed by atoms with Crippen LogP contribution in [0.1, 0.15) is 11.5 Å². The Bertz CT molecular complexity index is 635. The Morgan fingerprint density at radius 1 is 1.59 bits per heavy atom. The van der Waals surface area contributed by atoms with E-state index in [1.54, 1.807) is 18.2 Å². The Balaban J connectivity index is 2.49. The zero-order chi connectivity index (χ0) is 12.3. The molecule has 1 aromatic carbocycles. The summed E-state index contributed by atoms with van der Waals surface area (Å²) in [5.74, 6) is -0.693. The normalized spacial score (nSPS) is 10.8. The number of hydrogen-bond donors (Lipinski definition) is 1. The number of nitrogens with zero attached hydrogens (tertiary/aromatic N) is 2. The van der Waals surface area contributed by atoms with Gasteiger partial charge in [-0.1, -0.05) is 12.1 Å². The van der Waals surface area contributed by atoms with Crippen molar-refractivity contribution in [3.63, 3.8) is 0 Å². The van der Waals surface area contributed by atoms with Gasteiger partial charge in [-0.3, -0.25) is 0 Å². The first-order valence-electron chi connectivity index (χ1n) is 4.87. The smallest absolute Gasteiger partial charge is 0.328 e. The molecule has 0 amide bonds. The Labute approximate surface area is 96.6 Å². The fourth-order valence-corrected chi connectivity index (χ4v) is 1.45. The Morgan fingerprint density at radius 2 is 2.41 bits per heavy atom. The third-order valence-corrected chi connectivity index (χ3v) is 2.13. The Hall–Kier alpha value is -2.61. The van der Waals surface area contributed by atoms with Gasteiger partial charge in [0.2, 0.25) is 5.89 Å². The lowest BCUT2D eigenvalue weighted by Crippen LogP contribution is -1.86. The molecule has 0 aliphatic heterocycles. The van der Waals surface area contributed by atoms with Crippen molar-refractivity contribution in [3.8, 4) is 6.07 Å². The summed E-state index contributed by atoms with van der Waals surface area (Å²) in [5.41, 5.74) is 1.76. The van der Waals surface area contributed by atoms with Gasteiger partial charge in [0.05, 0.1) is 6.07 Å². The summed E-state index contributed by atoms with van der Waals surface area (Å²) in [4.78, 5) is 14.6. The minimum absolute atomic E-state index is 0.0940. The number of rotatable bonds is 3. The van der Waals surface area contributed by atoms with Crippen molar-refractivity contribution in [2.75, 3.05) is 0 Å². The molecule has 0 aliphatic carbocycles. The maximum Gasteiger partial charge on any atom is 0.328 e. The lowest BCUT2D eigenvalue weighted by atomic mass is 10.2. The van der Waals surface area contributed by atoms with Crippen LogP contribution in [0.15, 0.2) is 28.7 Å². The van der Waals surface area contributed by atoms with E-state index >= 15 is 0 Å². The van der Waals surface area contributed by atoms with Gasteiger partial charge < -0.3 is 9.52 Å². The first kappa shape index (κ1) is 10.9. The molecular formula is C12H8N2O3. The quantitative estimate of drug-likeness (QED) is 0.811. The van der Waals surface area contributed by atoms with Crippen LogP contribution in [0, 0.1) is 11.3 Å². The van der Waals surface area contributed by atoms with Gasteiger partial charge in [0.1, 0.15) is 11.9 Å². The van der Waals surface area contributed by atoms with Gasteiger partial charge in [-0.25, -0.2) is 9.78 Å². The predicted molar refractivity (Wildman–Crippen MR) is 60.0 cm³/mol. The number of aromatic nitrogens is 1. The van der Waals surface area contributed by atoms with E-state index in [0.29, 0.717) is 22.6 Å². The maximum absolute atomic E-state index is 10.4. The zero-order valence-corrected chi connectivity index (χ0v) is 8.75. The van der Waals surface area contributed by atoms with E-state index in [-0.39, 0.29) is 6.42 Å². The van der Waals surface area contributed by atoms with Gasteiger partial charge in [-0.15, -0.1) is 0 Å². The highest BCUT2D eigenvalue weighted by Gasteiger charge is 2.07. The fourth-order valence-electron chi connectivity index (χ4n) is 1.45. The highest BCUT2D eigenvalue weighted by atomic mass is 16.4. The SMILES string of the molecule is N#CCc1nc2c(/C=C/C(=O)O)cccc2o1. The number of nitriles is 1. The molecule has 17 heavy (non-hydrogen) atoms. The van der Waals surface area contributed by atoms with E-state index in [2.05, 4.69) is 4.98 Å². The van der Waals surface area contributed by atoms with Gasteiger partial charge in [-0.05, 0) is 12.1 Å². The third-order valence-electron chi connectivity index (χ3n) is 2.13. The average molecular weight is 228 g/mol. The average Bonchev–Trinajstić information content (AvgIpc) is 2.69. The van der Waals surface area contributed by atoms with Gasteiger partial charge in [0.15, 0.2) is 5.58 Å². The van der Waals surface area contributed by atoms with E-state index in [9.17, 15) is 4.79 Å². The number of benzene rings is 1. The number of oxazole rings is 1. The zero-order valence-electron chi connectivity index (χ0n) is 8.75. The first-order valence-corrected chi connectivity index (χ1v) is 4.87. The van der Waals surface area contributed by atoms with Crippen molar-refractivity contribution < 1.29 is 14.3 Å². The molecule has 0 unspecified atom stereocenters. The number of carbonyl (C=O) groups is 1. The molecule has 84 valence electrons. The standard InChI is InChI=1S/C12H8N2O3/c13-7-6-10-14-12-8(4-5-11(15)16)2-1-3-9(12)17-10/h1-5H,6H2,(H,15,16)/b5-4+. The van der Waals surface area contributed by atoms with Gasteiger partial charge in [-0.2, -0.15) is 5.26 Å². The second-order valence-corrected chi connectivity index (χ2v) is 3.31. The molecule has 2 aromatic rings. The summed E-state index contributed by atoms with van der Waals surface area (Å²) in [6, 6.07) is 7.15. The molecule has 0 bridgehead atoms. The number of aliphatic carboxylic acids is 1. The molecule has 5 heteroatoms. The highest BCUT2D eigenvalue weighted by Crippen LogP contribution is 2.20. The van der Waals surface area contributed by atoms with Crippen molar-refractivity contribution in [3.05, 3.63) is 35.7 Å². The second kappa shape index (κ2) is 4.49. The number of fused-ring (bicyclic) bond motifs is 1. The van der Waals surface area contributed by atoms with Crippen LogP contribution >= 0.6 is 0 Å². The number of carboxylic acids is 1. The second-order valence-electron chi connectivity index (χ2n) is 3.31. The van der Waals surface area contributed by atoms with Gasteiger partial charge in [0, 0.05) is 11.6 Å². The van der Waals surface area contributed by atoms with Crippen LogP contribution in [0.4, 0.5) is 0 Å². The van der Waals surface area contributed by atoms with Crippen molar-refractivity contribution >= 4 is 23.1 Å². The van der Waals surface area contributed by atoms with Crippen LogP contribution < -0.4 is 0 Å². The van der Waals surface area contributed by atoms with E-state index in [4.69, 9.17) is 14.8 Å². The highest BCUT2D eigenvalue weighted by molar-refractivity contribution is 5.90.